The van der Waals surface area contributed by atoms with Crippen LogP contribution in [0.5, 0.6) is 0 Å². The number of halogens is 22. The Morgan fingerprint density at radius 2 is 0.531 bits per heavy atom. The molecule has 0 saturated carbocycles. The van der Waals surface area contributed by atoms with Gasteiger partial charge in [0.1, 0.15) is 0 Å². The van der Waals surface area contributed by atoms with Gasteiger partial charge in [-0.2, -0.15) is 87.8 Å². The third-order valence-electron chi connectivity index (χ3n) is 3.14. The van der Waals surface area contributed by atoms with Crippen LogP contribution < -0.4 is 0 Å². The predicted octanol–water partition coefficient (Wildman–Crippen LogP) is 7.08. The van der Waals surface area contributed by atoms with E-state index in [0.717, 1.165) is 0 Å². The second-order valence-corrected chi connectivity index (χ2v) is 5.23. The molecule has 0 heterocycles. The Hall–Kier alpha value is -1.22. The van der Waals surface area contributed by atoms with Crippen molar-refractivity contribution in [2.45, 2.75) is 54.1 Å². The molecule has 0 bridgehead atoms. The van der Waals surface area contributed by atoms with E-state index in [9.17, 15) is 92.3 Å². The molecule has 0 aromatic heterocycles. The second-order valence-electron chi connectivity index (χ2n) is 5.23. The lowest BCUT2D eigenvalue weighted by molar-refractivity contribution is -0.503. The van der Waals surface area contributed by atoms with E-state index in [4.69, 9.17) is 0 Å². The van der Waals surface area contributed by atoms with Crippen molar-refractivity contribution in [2.75, 3.05) is 0 Å². The largest absolute Gasteiger partial charge is 0.461 e. The van der Waals surface area contributed by atoms with Crippen LogP contribution >= 0.6 is 12.4 Å². The molecule has 0 rings (SSSR count). The first-order chi connectivity index (χ1) is 12.9. The summed E-state index contributed by atoms with van der Waals surface area (Å²) >= 11 is 0. The van der Waals surface area contributed by atoms with Gasteiger partial charge < -0.3 is 0 Å². The molecule has 196 valence electrons. The van der Waals surface area contributed by atoms with Gasteiger partial charge >= 0.3 is 54.1 Å². The summed E-state index contributed by atoms with van der Waals surface area (Å²) in [6, 6.07) is -17.0. The molecule has 23 heteroatoms. The zero-order chi connectivity index (χ0) is 26.1. The third-order valence-corrected chi connectivity index (χ3v) is 3.14. The Labute approximate surface area is 165 Å². The standard InChI is InChI=1S/C9F21N.ClH/c10-1(11,3(14,15)6(20,21)22)2(12,13)4(16,17)8(26,27)31(30)9(28,29)5(18,19)7(23,24)25;/h;1H. The monoisotopic (exact) mass is 557 g/mol. The van der Waals surface area contributed by atoms with Gasteiger partial charge in [-0.05, 0) is 5.12 Å². The molecule has 0 atom stereocenters. The number of hydrogen-bond acceptors (Lipinski definition) is 1. The first kappa shape index (κ1) is 33.0. The summed E-state index contributed by atoms with van der Waals surface area (Å²) in [7, 11) is 0. The van der Waals surface area contributed by atoms with Gasteiger partial charge in [0.2, 0.25) is 0 Å². The minimum Gasteiger partial charge on any atom is -0.192 e. The smallest absolute Gasteiger partial charge is 0.192 e. The fourth-order valence-corrected chi connectivity index (χ4v) is 1.35. The van der Waals surface area contributed by atoms with Crippen LogP contribution in [0.25, 0.3) is 0 Å². The molecule has 0 aromatic carbocycles. The summed E-state index contributed by atoms with van der Waals surface area (Å²) in [5.74, 6) is -43.1. The van der Waals surface area contributed by atoms with Crippen LogP contribution in [0, 0.1) is 0 Å². The first-order valence-corrected chi connectivity index (χ1v) is 6.15. The van der Waals surface area contributed by atoms with Crippen LogP contribution in [0.4, 0.5) is 92.3 Å². The predicted molar refractivity (Wildman–Crippen MR) is 56.9 cm³/mol. The average Bonchev–Trinajstić information content (AvgIpc) is 2.50. The van der Waals surface area contributed by atoms with Gasteiger partial charge in [-0.3, -0.25) is 0 Å². The zero-order valence-corrected chi connectivity index (χ0v) is 14.1. The highest BCUT2D eigenvalue weighted by Gasteiger charge is 2.93. The molecule has 0 aromatic rings. The van der Waals surface area contributed by atoms with Gasteiger partial charge in [0, 0.05) is 0 Å². The molecule has 0 aliphatic carbocycles. The van der Waals surface area contributed by atoms with Gasteiger partial charge in [0.15, 0.2) is 0 Å². The molecule has 0 unspecified atom stereocenters. The van der Waals surface area contributed by atoms with Crippen molar-refractivity contribution in [3.8, 4) is 0 Å². The minimum atomic E-state index is -8.91. The van der Waals surface area contributed by atoms with Crippen molar-refractivity contribution >= 4 is 12.4 Å². The molecule has 0 saturated heterocycles. The topological polar surface area (TPSA) is 3.24 Å². The number of rotatable bonds is 7. The first-order valence-electron chi connectivity index (χ1n) is 6.15. The van der Waals surface area contributed by atoms with Crippen LogP contribution in [-0.2, 0) is 0 Å². The summed E-state index contributed by atoms with van der Waals surface area (Å²) in [5.41, 5.74) is 0. The lowest BCUT2D eigenvalue weighted by atomic mass is 9.96. The SMILES string of the molecule is Cl.FN(C(F)(F)C(F)(F)C(F)(F)F)C(F)(F)C(F)(F)C(F)(F)C(F)(F)C(F)(F)C(F)(F)F. The molecule has 0 spiro atoms. The Balaban J connectivity index is 0. The molecule has 0 N–H and O–H groups in total. The van der Waals surface area contributed by atoms with Gasteiger partial charge in [-0.15, -0.1) is 16.9 Å². The van der Waals surface area contributed by atoms with Crippen LogP contribution in [0.3, 0.4) is 0 Å². The average molecular weight is 558 g/mol. The summed E-state index contributed by atoms with van der Waals surface area (Å²) < 4.78 is 262. The lowest BCUT2D eigenvalue weighted by Crippen LogP contribution is -2.74. The Kier molecular flexibility index (Phi) is 8.16. The number of nitrogens with zero attached hydrogens (tertiary/aromatic N) is 1. The Morgan fingerprint density at radius 3 is 0.781 bits per heavy atom. The maximum atomic E-state index is 13.0. The second kappa shape index (κ2) is 7.93. The maximum absolute atomic E-state index is 13.0. The number of alkyl halides is 20. The lowest BCUT2D eigenvalue weighted by Gasteiger charge is -2.42. The normalized spacial score (nSPS) is 16.3. The fraction of sp³-hybridized carbons (Fsp3) is 1.00. The molecule has 1 nitrogen and oxygen atoms in total. The fourth-order valence-electron chi connectivity index (χ4n) is 1.35. The van der Waals surface area contributed by atoms with Gasteiger partial charge in [-0.1, -0.05) is 0 Å². The van der Waals surface area contributed by atoms with Crippen LogP contribution in [0.2, 0.25) is 0 Å². The van der Waals surface area contributed by atoms with Gasteiger partial charge in [0.25, 0.3) is 0 Å². The molecular weight excluding hydrogens is 557 g/mol. The van der Waals surface area contributed by atoms with Gasteiger partial charge in [0.05, 0.1) is 0 Å². The van der Waals surface area contributed by atoms with Crippen molar-refractivity contribution in [3.05, 3.63) is 0 Å². The van der Waals surface area contributed by atoms with Crippen molar-refractivity contribution < 1.29 is 92.3 Å². The van der Waals surface area contributed by atoms with Crippen LogP contribution in [-0.4, -0.2) is 59.2 Å². The maximum Gasteiger partial charge on any atom is 0.461 e. The molecule has 0 amide bonds. The summed E-state index contributed by atoms with van der Waals surface area (Å²) in [6.45, 7) is 0. The third kappa shape index (κ3) is 4.08. The number of hydrogen-bond donors (Lipinski definition) is 0. The molecule has 0 aliphatic heterocycles. The summed E-state index contributed by atoms with van der Waals surface area (Å²) in [4.78, 5) is 0. The highest BCUT2D eigenvalue weighted by atomic mass is 35.5. The summed E-state index contributed by atoms with van der Waals surface area (Å²) in [5, 5.41) is -5.02. The van der Waals surface area contributed by atoms with Crippen molar-refractivity contribution in [1.82, 2.24) is 5.12 Å². The zero-order valence-electron chi connectivity index (χ0n) is 13.3. The van der Waals surface area contributed by atoms with Crippen molar-refractivity contribution in [1.29, 1.82) is 0 Å². The van der Waals surface area contributed by atoms with E-state index in [1.165, 1.54) is 0 Å². The highest BCUT2D eigenvalue weighted by molar-refractivity contribution is 5.85. The molecule has 0 aliphatic rings. The summed E-state index contributed by atoms with van der Waals surface area (Å²) in [6.07, 6.45) is -15.7. The van der Waals surface area contributed by atoms with Gasteiger partial charge in [-0.25, -0.2) is 0 Å². The minimum absolute atomic E-state index is 0. The van der Waals surface area contributed by atoms with Crippen molar-refractivity contribution in [3.63, 3.8) is 0 Å². The van der Waals surface area contributed by atoms with E-state index in [1.54, 1.807) is 0 Å². The molecule has 0 fully saturated rings. The van der Waals surface area contributed by atoms with Crippen molar-refractivity contribution in [2.24, 2.45) is 0 Å². The van der Waals surface area contributed by atoms with E-state index < -0.39 is 59.2 Å². The van der Waals surface area contributed by atoms with Crippen LogP contribution in [0.15, 0.2) is 0 Å². The van der Waals surface area contributed by atoms with E-state index >= 15 is 0 Å². The highest BCUT2D eigenvalue weighted by Crippen LogP contribution is 2.62. The van der Waals surface area contributed by atoms with E-state index in [-0.39, 0.29) is 12.4 Å². The molecule has 0 radical (unpaired) electrons. The Morgan fingerprint density at radius 1 is 0.312 bits per heavy atom. The molecular formula is C9HClF21N. The van der Waals surface area contributed by atoms with Crippen LogP contribution in [0.1, 0.15) is 0 Å². The van der Waals surface area contributed by atoms with E-state index in [0.29, 0.717) is 0 Å². The molecule has 32 heavy (non-hydrogen) atoms. The Bertz CT molecular complexity index is 657. The van der Waals surface area contributed by atoms with E-state index in [2.05, 4.69) is 0 Å². The quantitative estimate of drug-likeness (QED) is 0.184. The van der Waals surface area contributed by atoms with E-state index in [1.807, 2.05) is 0 Å².